The van der Waals surface area contributed by atoms with Crippen molar-refractivity contribution >= 4 is 17.9 Å². The molecular weight excluding hydrogens is 288 g/mol. The molecule has 1 aromatic rings. The maximum atomic E-state index is 11.4. The second-order valence-corrected chi connectivity index (χ2v) is 5.86. The van der Waals surface area contributed by atoms with Crippen LogP contribution in [0.1, 0.15) is 45.6 Å². The first kappa shape index (κ1) is 17.3. The van der Waals surface area contributed by atoms with E-state index < -0.39 is 0 Å². The Hall–Kier alpha value is -2.10. The Labute approximate surface area is 138 Å². The summed E-state index contributed by atoms with van der Waals surface area (Å²) in [5.74, 6) is -0.165. The summed E-state index contributed by atoms with van der Waals surface area (Å²) in [6.45, 7) is 6.67. The van der Waals surface area contributed by atoms with Crippen LogP contribution in [0.25, 0.3) is 0 Å². The van der Waals surface area contributed by atoms with Crippen molar-refractivity contribution in [3.05, 3.63) is 41.7 Å². The molecule has 124 valence electrons. The highest BCUT2D eigenvalue weighted by atomic mass is 16.5. The van der Waals surface area contributed by atoms with Crippen molar-refractivity contribution in [2.75, 3.05) is 11.4 Å². The van der Waals surface area contributed by atoms with Crippen LogP contribution in [0, 0.1) is 0 Å². The zero-order valence-electron chi connectivity index (χ0n) is 14.3. The molecule has 1 unspecified atom stereocenters. The number of nitrogens with zero attached hydrogens (tertiary/aromatic N) is 2. The van der Waals surface area contributed by atoms with Crippen molar-refractivity contribution in [2.24, 2.45) is 4.99 Å². The summed E-state index contributed by atoms with van der Waals surface area (Å²) >= 11 is 0. The van der Waals surface area contributed by atoms with Gasteiger partial charge in [0.25, 0.3) is 0 Å². The van der Waals surface area contributed by atoms with E-state index in [4.69, 9.17) is 4.74 Å². The van der Waals surface area contributed by atoms with Gasteiger partial charge < -0.3 is 9.64 Å². The first-order valence-corrected chi connectivity index (χ1v) is 8.40. The fourth-order valence-corrected chi connectivity index (χ4v) is 2.62. The number of ether oxygens (including phenoxy) is 1. The third kappa shape index (κ3) is 5.23. The number of hydrogen-bond donors (Lipinski definition) is 0. The number of esters is 1. The SMILES string of the molecule is CCCc1cccc(N2C=C(CC(C)OC(=O)CC)N=CC2)c1. The molecule has 0 bridgehead atoms. The fraction of sp³-hybridized carbons (Fsp3) is 0.474. The molecule has 0 N–H and O–H groups in total. The van der Waals surface area contributed by atoms with E-state index in [0.717, 1.165) is 25.1 Å². The van der Waals surface area contributed by atoms with Crippen molar-refractivity contribution in [3.63, 3.8) is 0 Å². The third-order valence-electron chi connectivity index (χ3n) is 3.74. The molecule has 1 aromatic carbocycles. The molecule has 2 rings (SSSR count). The van der Waals surface area contributed by atoms with Gasteiger partial charge in [-0.2, -0.15) is 0 Å². The van der Waals surface area contributed by atoms with Gasteiger partial charge in [-0.15, -0.1) is 0 Å². The average molecular weight is 314 g/mol. The minimum absolute atomic E-state index is 0.155. The first-order chi connectivity index (χ1) is 11.1. The molecule has 0 fully saturated rings. The van der Waals surface area contributed by atoms with Gasteiger partial charge in [-0.05, 0) is 31.0 Å². The monoisotopic (exact) mass is 314 g/mol. The van der Waals surface area contributed by atoms with E-state index in [1.165, 1.54) is 11.3 Å². The Bertz CT molecular complexity index is 593. The fourth-order valence-electron chi connectivity index (χ4n) is 2.62. The molecule has 0 saturated carbocycles. The molecule has 1 heterocycles. The molecular formula is C19H26N2O2. The van der Waals surface area contributed by atoms with Crippen molar-refractivity contribution in [3.8, 4) is 0 Å². The lowest BCUT2D eigenvalue weighted by Gasteiger charge is -2.24. The molecule has 0 spiro atoms. The Morgan fingerprint density at radius 3 is 2.96 bits per heavy atom. The summed E-state index contributed by atoms with van der Waals surface area (Å²) in [7, 11) is 0. The van der Waals surface area contributed by atoms with Gasteiger partial charge in [0.1, 0.15) is 6.10 Å². The van der Waals surface area contributed by atoms with Crippen LogP contribution in [-0.2, 0) is 16.0 Å². The molecule has 1 aliphatic heterocycles. The van der Waals surface area contributed by atoms with Gasteiger partial charge in [0.15, 0.2) is 0 Å². The zero-order chi connectivity index (χ0) is 16.7. The predicted molar refractivity (Wildman–Crippen MR) is 94.8 cm³/mol. The summed E-state index contributed by atoms with van der Waals surface area (Å²) in [4.78, 5) is 18.0. The number of aliphatic imine (C=N–C) groups is 1. The second kappa shape index (κ2) is 8.51. The molecule has 0 aromatic heterocycles. The number of hydrogen-bond acceptors (Lipinski definition) is 4. The molecule has 4 nitrogen and oxygen atoms in total. The van der Waals surface area contributed by atoms with Gasteiger partial charge in [-0.1, -0.05) is 32.4 Å². The van der Waals surface area contributed by atoms with Crippen molar-refractivity contribution in [1.29, 1.82) is 0 Å². The standard InChI is InChI=1S/C19H26N2O2/c1-4-7-16-8-6-9-18(13-16)21-11-10-20-17(14-21)12-15(3)23-19(22)5-2/h6,8-10,13-15H,4-5,7,11-12H2,1-3H3. The highest BCUT2D eigenvalue weighted by Crippen LogP contribution is 2.22. The van der Waals surface area contributed by atoms with Crippen LogP contribution in [0.15, 0.2) is 41.2 Å². The molecule has 0 amide bonds. The van der Waals surface area contributed by atoms with Gasteiger partial charge in [-0.3, -0.25) is 9.79 Å². The molecule has 1 atom stereocenters. The average Bonchev–Trinajstić information content (AvgIpc) is 2.55. The Balaban J connectivity index is 2.04. The summed E-state index contributed by atoms with van der Waals surface area (Å²) in [6.07, 6.45) is 7.09. The zero-order valence-corrected chi connectivity index (χ0v) is 14.3. The number of rotatable bonds is 7. The number of benzene rings is 1. The van der Waals surface area contributed by atoms with Gasteiger partial charge in [0.05, 0.1) is 12.2 Å². The number of anilines is 1. The van der Waals surface area contributed by atoms with Crippen molar-refractivity contribution in [2.45, 2.75) is 52.6 Å². The van der Waals surface area contributed by atoms with E-state index in [0.29, 0.717) is 12.8 Å². The van der Waals surface area contributed by atoms with E-state index in [-0.39, 0.29) is 12.1 Å². The second-order valence-electron chi connectivity index (χ2n) is 5.86. The van der Waals surface area contributed by atoms with Crippen LogP contribution in [-0.4, -0.2) is 24.8 Å². The highest BCUT2D eigenvalue weighted by molar-refractivity contribution is 5.71. The number of carbonyl (C=O) groups is 1. The van der Waals surface area contributed by atoms with E-state index in [9.17, 15) is 4.79 Å². The maximum Gasteiger partial charge on any atom is 0.305 e. The minimum atomic E-state index is -0.165. The summed E-state index contributed by atoms with van der Waals surface area (Å²) in [5.41, 5.74) is 3.47. The summed E-state index contributed by atoms with van der Waals surface area (Å²) in [6, 6.07) is 8.62. The topological polar surface area (TPSA) is 41.9 Å². The quantitative estimate of drug-likeness (QED) is 0.711. The van der Waals surface area contributed by atoms with Crippen LogP contribution >= 0.6 is 0 Å². The molecule has 0 radical (unpaired) electrons. The molecule has 1 aliphatic rings. The Kier molecular flexibility index (Phi) is 6.39. The smallest absolute Gasteiger partial charge is 0.305 e. The van der Waals surface area contributed by atoms with Crippen molar-refractivity contribution < 1.29 is 9.53 Å². The van der Waals surface area contributed by atoms with Crippen LogP contribution in [0.5, 0.6) is 0 Å². The Morgan fingerprint density at radius 1 is 1.39 bits per heavy atom. The molecule has 0 aliphatic carbocycles. The predicted octanol–water partition coefficient (Wildman–Crippen LogP) is 4.10. The lowest BCUT2D eigenvalue weighted by Crippen LogP contribution is -2.23. The maximum absolute atomic E-state index is 11.4. The lowest BCUT2D eigenvalue weighted by molar-refractivity contribution is -0.147. The summed E-state index contributed by atoms with van der Waals surface area (Å²) < 4.78 is 5.32. The van der Waals surface area contributed by atoms with Crippen LogP contribution in [0.3, 0.4) is 0 Å². The van der Waals surface area contributed by atoms with E-state index in [2.05, 4.69) is 47.3 Å². The van der Waals surface area contributed by atoms with Gasteiger partial charge in [-0.25, -0.2) is 0 Å². The summed E-state index contributed by atoms with van der Waals surface area (Å²) in [5, 5.41) is 0. The van der Waals surface area contributed by atoms with Gasteiger partial charge in [0.2, 0.25) is 0 Å². The highest BCUT2D eigenvalue weighted by Gasteiger charge is 2.14. The van der Waals surface area contributed by atoms with E-state index >= 15 is 0 Å². The molecule has 4 heteroatoms. The van der Waals surface area contributed by atoms with E-state index in [1.54, 1.807) is 6.92 Å². The minimum Gasteiger partial charge on any atom is -0.462 e. The number of aryl methyl sites for hydroxylation is 1. The largest absolute Gasteiger partial charge is 0.462 e. The Morgan fingerprint density at radius 2 is 2.22 bits per heavy atom. The third-order valence-corrected chi connectivity index (χ3v) is 3.74. The number of carbonyl (C=O) groups excluding carboxylic acids is 1. The van der Waals surface area contributed by atoms with Crippen LogP contribution < -0.4 is 4.90 Å². The molecule has 0 saturated heterocycles. The normalized spacial score (nSPS) is 15.3. The molecule has 23 heavy (non-hydrogen) atoms. The van der Waals surface area contributed by atoms with Crippen LogP contribution in [0.2, 0.25) is 0 Å². The van der Waals surface area contributed by atoms with E-state index in [1.807, 2.05) is 13.1 Å². The van der Waals surface area contributed by atoms with Gasteiger partial charge >= 0.3 is 5.97 Å². The van der Waals surface area contributed by atoms with Gasteiger partial charge in [0, 0.05) is 30.9 Å². The van der Waals surface area contributed by atoms with Crippen LogP contribution in [0.4, 0.5) is 5.69 Å². The first-order valence-electron chi connectivity index (χ1n) is 8.40. The lowest BCUT2D eigenvalue weighted by atomic mass is 10.1. The van der Waals surface area contributed by atoms with Crippen molar-refractivity contribution in [1.82, 2.24) is 0 Å².